The van der Waals surface area contributed by atoms with Crippen molar-refractivity contribution in [2.45, 2.75) is 26.8 Å². The van der Waals surface area contributed by atoms with E-state index in [1.807, 2.05) is 30.3 Å². The van der Waals surface area contributed by atoms with E-state index >= 15 is 0 Å². The van der Waals surface area contributed by atoms with Gasteiger partial charge in [0.15, 0.2) is 22.0 Å². The molecule has 1 atom stereocenters. The fraction of sp³-hybridized carbons (Fsp3) is 0.194. The summed E-state index contributed by atoms with van der Waals surface area (Å²) in [5, 5.41) is 16.7. The Hall–Kier alpha value is -6.35. The molecule has 1 aliphatic heterocycles. The van der Waals surface area contributed by atoms with Crippen molar-refractivity contribution < 1.29 is 33.5 Å². The van der Waals surface area contributed by atoms with Crippen LogP contribution in [0.4, 0.5) is 5.69 Å². The Morgan fingerprint density at radius 1 is 1.02 bits per heavy atom. The zero-order chi connectivity index (χ0) is 36.4. The molecule has 1 aliphatic rings. The number of rotatable bonds is 10. The van der Waals surface area contributed by atoms with Gasteiger partial charge < -0.3 is 18.9 Å². The van der Waals surface area contributed by atoms with Gasteiger partial charge in [-0.05, 0) is 61.9 Å². The first-order chi connectivity index (χ1) is 24.5. The molecule has 0 amide bonds. The fourth-order valence-corrected chi connectivity index (χ4v) is 6.79. The van der Waals surface area contributed by atoms with E-state index in [2.05, 4.69) is 4.99 Å². The SMILES string of the molecule is CCOC(=O)C1=C(C)N=c2s/c(=C\c3cn(-c4ccccc4)nc3-c3ccc(OC)c([N+](=O)[O-])c3)c(=O)n2C1c1ccc(OC(C)=O)c(OC)c1. The second-order valence-electron chi connectivity index (χ2n) is 11.2. The highest BCUT2D eigenvalue weighted by atomic mass is 32.1. The number of allylic oxidation sites excluding steroid dienone is 1. The van der Waals surface area contributed by atoms with Crippen LogP contribution in [-0.4, -0.2) is 52.0 Å². The minimum Gasteiger partial charge on any atom is -0.493 e. The molecular formula is C36H31N5O9S. The van der Waals surface area contributed by atoms with Crippen LogP contribution in [0, 0.1) is 10.1 Å². The van der Waals surface area contributed by atoms with Gasteiger partial charge in [0, 0.05) is 30.3 Å². The predicted molar refractivity (Wildman–Crippen MR) is 187 cm³/mol. The van der Waals surface area contributed by atoms with E-state index in [9.17, 15) is 24.5 Å². The highest BCUT2D eigenvalue weighted by Gasteiger charge is 2.34. The third-order valence-electron chi connectivity index (χ3n) is 7.97. The van der Waals surface area contributed by atoms with Gasteiger partial charge in [-0.2, -0.15) is 5.10 Å². The van der Waals surface area contributed by atoms with Gasteiger partial charge in [-0.25, -0.2) is 14.5 Å². The van der Waals surface area contributed by atoms with Crippen LogP contribution in [0.1, 0.15) is 37.9 Å². The smallest absolute Gasteiger partial charge is 0.338 e. The number of nitro benzene ring substituents is 1. The maximum atomic E-state index is 14.4. The molecule has 1 unspecified atom stereocenters. The van der Waals surface area contributed by atoms with E-state index in [1.54, 1.807) is 49.0 Å². The third kappa shape index (κ3) is 6.66. The molecule has 260 valence electrons. The summed E-state index contributed by atoms with van der Waals surface area (Å²) >= 11 is 1.11. The first kappa shape index (κ1) is 34.5. The van der Waals surface area contributed by atoms with Crippen LogP contribution < -0.4 is 29.1 Å². The van der Waals surface area contributed by atoms with Crippen LogP contribution in [0.25, 0.3) is 23.0 Å². The molecule has 0 fully saturated rings. The van der Waals surface area contributed by atoms with Crippen LogP contribution in [0.5, 0.6) is 17.2 Å². The highest BCUT2D eigenvalue weighted by molar-refractivity contribution is 7.07. The molecule has 0 bridgehead atoms. The number of nitro groups is 1. The van der Waals surface area contributed by atoms with Gasteiger partial charge in [-0.15, -0.1) is 0 Å². The summed E-state index contributed by atoms with van der Waals surface area (Å²) in [4.78, 5) is 55.9. The monoisotopic (exact) mass is 709 g/mol. The highest BCUT2D eigenvalue weighted by Crippen LogP contribution is 2.37. The van der Waals surface area contributed by atoms with Gasteiger partial charge in [0.2, 0.25) is 0 Å². The molecule has 0 spiro atoms. The Kier molecular flexibility index (Phi) is 9.64. The Bertz CT molecular complexity index is 2410. The molecule has 0 N–H and O–H groups in total. The zero-order valence-corrected chi connectivity index (χ0v) is 28.9. The fourth-order valence-electron chi connectivity index (χ4n) is 5.75. The summed E-state index contributed by atoms with van der Waals surface area (Å²) in [7, 11) is 2.76. The molecule has 5 aromatic rings. The van der Waals surface area contributed by atoms with Crippen molar-refractivity contribution in [3.8, 4) is 34.2 Å². The Morgan fingerprint density at radius 2 is 1.75 bits per heavy atom. The number of para-hydroxylation sites is 1. The molecule has 15 heteroatoms. The van der Waals surface area contributed by atoms with E-state index in [4.69, 9.17) is 24.0 Å². The number of carbonyl (C=O) groups is 2. The minimum atomic E-state index is -0.974. The number of benzene rings is 3. The number of thiazole rings is 1. The first-order valence-electron chi connectivity index (χ1n) is 15.6. The summed E-state index contributed by atoms with van der Waals surface area (Å²) < 4.78 is 24.7. The van der Waals surface area contributed by atoms with Crippen LogP contribution in [0.15, 0.2) is 94.0 Å². The first-order valence-corrected chi connectivity index (χ1v) is 16.4. The van der Waals surface area contributed by atoms with Gasteiger partial charge >= 0.3 is 17.6 Å². The summed E-state index contributed by atoms with van der Waals surface area (Å²) in [5.74, 6) is -0.716. The summed E-state index contributed by atoms with van der Waals surface area (Å²) in [5.41, 5.74) is 2.31. The lowest BCUT2D eigenvalue weighted by atomic mass is 9.95. The number of carbonyl (C=O) groups excluding carboxylic acids is 2. The second kappa shape index (κ2) is 14.2. The minimum absolute atomic E-state index is 0.0893. The molecular weight excluding hydrogens is 678 g/mol. The average Bonchev–Trinajstić information content (AvgIpc) is 3.68. The third-order valence-corrected chi connectivity index (χ3v) is 8.96. The molecule has 3 heterocycles. The summed E-state index contributed by atoms with van der Waals surface area (Å²) in [6, 6.07) is 17.6. The van der Waals surface area contributed by atoms with Crippen molar-refractivity contribution in [2.24, 2.45) is 4.99 Å². The van der Waals surface area contributed by atoms with Crippen LogP contribution in [-0.2, 0) is 14.3 Å². The Balaban J connectivity index is 1.57. The maximum absolute atomic E-state index is 14.4. The summed E-state index contributed by atoms with van der Waals surface area (Å²) in [6.45, 7) is 4.71. The predicted octanol–water partition coefficient (Wildman–Crippen LogP) is 4.50. The number of hydrogen-bond acceptors (Lipinski definition) is 12. The van der Waals surface area contributed by atoms with E-state index in [0.29, 0.717) is 32.9 Å². The van der Waals surface area contributed by atoms with E-state index in [-0.39, 0.29) is 39.6 Å². The maximum Gasteiger partial charge on any atom is 0.338 e. The van der Waals surface area contributed by atoms with E-state index < -0.39 is 28.5 Å². The molecule has 14 nitrogen and oxygen atoms in total. The molecule has 0 saturated heterocycles. The molecule has 0 aliphatic carbocycles. The number of aromatic nitrogens is 3. The number of fused-ring (bicyclic) bond motifs is 1. The quantitative estimate of drug-likeness (QED) is 0.0872. The molecule has 51 heavy (non-hydrogen) atoms. The van der Waals surface area contributed by atoms with Crippen molar-refractivity contribution in [3.63, 3.8) is 0 Å². The topological polar surface area (TPSA) is 166 Å². The molecule has 3 aromatic carbocycles. The second-order valence-corrected chi connectivity index (χ2v) is 12.2. The number of nitrogens with zero attached hydrogens (tertiary/aromatic N) is 5. The van der Waals surface area contributed by atoms with Gasteiger partial charge in [-0.3, -0.25) is 24.3 Å². The molecule has 0 radical (unpaired) electrons. The van der Waals surface area contributed by atoms with Crippen molar-refractivity contribution in [1.29, 1.82) is 0 Å². The lowest BCUT2D eigenvalue weighted by Gasteiger charge is -2.25. The van der Waals surface area contributed by atoms with Crippen LogP contribution in [0.2, 0.25) is 0 Å². The molecule has 6 rings (SSSR count). The van der Waals surface area contributed by atoms with Gasteiger partial charge in [0.05, 0.1) is 53.3 Å². The van der Waals surface area contributed by atoms with E-state index in [1.165, 1.54) is 43.9 Å². The normalized spacial score (nSPS) is 14.1. The molecule has 2 aromatic heterocycles. The largest absolute Gasteiger partial charge is 0.493 e. The standard InChI is InChI=1S/C36H31N5O9S/c1-6-49-35(44)31-20(2)37-36-40(33(31)23-13-15-28(50-21(3)42)29(17-23)48-5)34(43)30(51-36)18-24-19-39(25-10-8-7-9-11-25)38-32(24)22-12-14-27(47-4)26(16-22)41(45)46/h7-19,33H,6H2,1-5H3/b30-18-. The van der Waals surface area contributed by atoms with Crippen molar-refractivity contribution in [1.82, 2.24) is 14.3 Å². The Morgan fingerprint density at radius 3 is 2.41 bits per heavy atom. The number of methoxy groups -OCH3 is 2. The number of ether oxygens (including phenoxy) is 4. The number of esters is 2. The zero-order valence-electron chi connectivity index (χ0n) is 28.1. The average molecular weight is 710 g/mol. The Labute approximate surface area is 294 Å². The number of hydrogen-bond donors (Lipinski definition) is 0. The van der Waals surface area contributed by atoms with Crippen LogP contribution >= 0.6 is 11.3 Å². The van der Waals surface area contributed by atoms with Gasteiger partial charge in [0.25, 0.3) is 5.56 Å². The van der Waals surface area contributed by atoms with E-state index in [0.717, 1.165) is 17.0 Å². The van der Waals surface area contributed by atoms with Crippen molar-refractivity contribution in [3.05, 3.63) is 125 Å². The summed E-state index contributed by atoms with van der Waals surface area (Å²) in [6.07, 6.45) is 3.37. The van der Waals surface area contributed by atoms with Crippen molar-refractivity contribution >= 4 is 35.0 Å². The lowest BCUT2D eigenvalue weighted by Crippen LogP contribution is -2.40. The van der Waals surface area contributed by atoms with Crippen molar-refractivity contribution in [2.75, 3.05) is 20.8 Å². The molecule has 0 saturated carbocycles. The van der Waals surface area contributed by atoms with Crippen LogP contribution in [0.3, 0.4) is 0 Å². The van der Waals surface area contributed by atoms with Gasteiger partial charge in [0.1, 0.15) is 5.69 Å². The lowest BCUT2D eigenvalue weighted by molar-refractivity contribution is -0.385. The van der Waals surface area contributed by atoms with Gasteiger partial charge in [-0.1, -0.05) is 35.6 Å².